The van der Waals surface area contributed by atoms with Crippen molar-refractivity contribution in [2.24, 2.45) is 5.73 Å². The van der Waals surface area contributed by atoms with E-state index in [1.807, 2.05) is 0 Å². The Hall–Kier alpha value is -3.06. The number of carbonyl (C=O) groups excluding carboxylic acids is 3. The van der Waals surface area contributed by atoms with Gasteiger partial charge in [0.1, 0.15) is 5.75 Å². The molecule has 2 aromatic rings. The van der Waals surface area contributed by atoms with Gasteiger partial charge in [-0.25, -0.2) is 0 Å². The fraction of sp³-hybridized carbons (Fsp3) is 0.250. The average molecular weight is 402 g/mol. The Morgan fingerprint density at radius 1 is 1.18 bits per heavy atom. The maximum Gasteiger partial charge on any atom is 0.270 e. The number of halogens is 1. The number of hydrogen-bond donors (Lipinski definition) is 2. The van der Waals surface area contributed by atoms with Crippen molar-refractivity contribution >= 4 is 40.7 Å². The molecular weight excluding hydrogens is 382 g/mol. The zero-order valence-electron chi connectivity index (χ0n) is 15.5. The van der Waals surface area contributed by atoms with Crippen molar-refractivity contribution < 1.29 is 19.1 Å². The van der Waals surface area contributed by atoms with Crippen LogP contribution in [0, 0.1) is 0 Å². The number of carbonyl (C=O) groups is 3. The van der Waals surface area contributed by atoms with Gasteiger partial charge in [-0.3, -0.25) is 14.4 Å². The number of amides is 3. The second-order valence-electron chi connectivity index (χ2n) is 6.92. The molecule has 0 unspecified atom stereocenters. The van der Waals surface area contributed by atoms with Crippen molar-refractivity contribution in [2.45, 2.75) is 25.9 Å². The van der Waals surface area contributed by atoms with Crippen LogP contribution in [0.4, 0.5) is 11.4 Å². The summed E-state index contributed by atoms with van der Waals surface area (Å²) in [7, 11) is 0. The molecule has 0 radical (unpaired) electrons. The molecule has 1 aliphatic heterocycles. The van der Waals surface area contributed by atoms with E-state index in [2.05, 4.69) is 5.32 Å². The van der Waals surface area contributed by atoms with Gasteiger partial charge in [-0.1, -0.05) is 11.6 Å². The molecule has 1 aliphatic rings. The number of hydrogen-bond acceptors (Lipinski definition) is 4. The van der Waals surface area contributed by atoms with E-state index in [0.29, 0.717) is 27.7 Å². The van der Waals surface area contributed by atoms with Crippen molar-refractivity contribution in [1.82, 2.24) is 0 Å². The Balaban J connectivity index is 1.70. The number of rotatable bonds is 5. The van der Waals surface area contributed by atoms with Crippen molar-refractivity contribution in [1.29, 1.82) is 0 Å². The summed E-state index contributed by atoms with van der Waals surface area (Å²) in [6.45, 7) is 3.53. The number of ether oxygens (including phenoxy) is 1. The number of benzene rings is 2. The number of fused-ring (bicyclic) bond motifs is 1. The fourth-order valence-corrected chi connectivity index (χ4v) is 3.08. The van der Waals surface area contributed by atoms with E-state index in [4.69, 9.17) is 22.1 Å². The summed E-state index contributed by atoms with van der Waals surface area (Å²) in [5, 5.41) is 3.20. The van der Waals surface area contributed by atoms with Gasteiger partial charge in [-0.15, -0.1) is 0 Å². The SMILES string of the molecule is CC1(C)Oc2ccc(Cl)cc2N(CCC(=O)Nc2ccc(C(N)=O)cc2)C1=O. The topological polar surface area (TPSA) is 102 Å². The number of primary amides is 1. The number of nitrogens with zero attached hydrogens (tertiary/aromatic N) is 1. The molecule has 0 spiro atoms. The predicted molar refractivity (Wildman–Crippen MR) is 107 cm³/mol. The zero-order valence-corrected chi connectivity index (χ0v) is 16.2. The van der Waals surface area contributed by atoms with Crippen molar-refractivity contribution in [2.75, 3.05) is 16.8 Å². The van der Waals surface area contributed by atoms with Crippen molar-refractivity contribution in [3.05, 3.63) is 53.1 Å². The first-order valence-corrected chi connectivity index (χ1v) is 9.05. The molecule has 7 nitrogen and oxygen atoms in total. The summed E-state index contributed by atoms with van der Waals surface area (Å²) in [5.74, 6) is -0.520. The Kier molecular flexibility index (Phi) is 5.29. The van der Waals surface area contributed by atoms with E-state index >= 15 is 0 Å². The molecule has 28 heavy (non-hydrogen) atoms. The van der Waals surface area contributed by atoms with Gasteiger partial charge in [0.25, 0.3) is 5.91 Å². The first-order chi connectivity index (χ1) is 13.2. The highest BCUT2D eigenvalue weighted by atomic mass is 35.5. The monoisotopic (exact) mass is 401 g/mol. The van der Waals surface area contributed by atoms with Gasteiger partial charge in [0.05, 0.1) is 5.69 Å². The molecule has 0 saturated heterocycles. The summed E-state index contributed by atoms with van der Waals surface area (Å²) in [6.07, 6.45) is 0.0747. The Bertz CT molecular complexity index is 941. The molecule has 0 atom stereocenters. The molecule has 0 aliphatic carbocycles. The predicted octanol–water partition coefficient (Wildman–Crippen LogP) is 2.97. The Morgan fingerprint density at radius 3 is 2.50 bits per heavy atom. The molecule has 8 heteroatoms. The van der Waals surface area contributed by atoms with Crippen LogP contribution in [0.5, 0.6) is 5.75 Å². The average Bonchev–Trinajstić information content (AvgIpc) is 2.63. The van der Waals surface area contributed by atoms with Gasteiger partial charge in [-0.2, -0.15) is 0 Å². The second-order valence-corrected chi connectivity index (χ2v) is 7.36. The normalized spacial score (nSPS) is 14.8. The first-order valence-electron chi connectivity index (χ1n) is 8.67. The summed E-state index contributed by atoms with van der Waals surface area (Å²) < 4.78 is 5.76. The lowest BCUT2D eigenvalue weighted by Gasteiger charge is -2.38. The highest BCUT2D eigenvalue weighted by molar-refractivity contribution is 6.31. The maximum absolute atomic E-state index is 12.8. The molecule has 3 amide bonds. The lowest BCUT2D eigenvalue weighted by molar-refractivity contribution is -0.132. The third-order valence-corrected chi connectivity index (χ3v) is 4.59. The largest absolute Gasteiger partial charge is 0.476 e. The molecule has 3 rings (SSSR count). The smallest absolute Gasteiger partial charge is 0.270 e. The maximum atomic E-state index is 12.8. The van der Waals surface area contributed by atoms with Crippen LogP contribution in [0.2, 0.25) is 5.02 Å². The minimum absolute atomic E-state index is 0.0747. The van der Waals surface area contributed by atoms with Gasteiger partial charge in [0.15, 0.2) is 5.60 Å². The molecule has 0 fully saturated rings. The van der Waals surface area contributed by atoms with Gasteiger partial charge in [-0.05, 0) is 56.3 Å². The van der Waals surface area contributed by atoms with Crippen molar-refractivity contribution in [3.63, 3.8) is 0 Å². The van der Waals surface area contributed by atoms with E-state index < -0.39 is 11.5 Å². The fourth-order valence-electron chi connectivity index (χ4n) is 2.92. The number of nitrogens with one attached hydrogen (secondary N) is 1. The van der Waals surface area contributed by atoms with Gasteiger partial charge < -0.3 is 20.7 Å². The van der Waals surface area contributed by atoms with Crippen LogP contribution in [0.15, 0.2) is 42.5 Å². The molecule has 3 N–H and O–H groups in total. The van der Waals surface area contributed by atoms with Crippen LogP contribution in [0.1, 0.15) is 30.6 Å². The third-order valence-electron chi connectivity index (χ3n) is 4.35. The number of anilines is 2. The highest BCUT2D eigenvalue weighted by Gasteiger charge is 2.40. The molecule has 0 aromatic heterocycles. The molecular formula is C20H20ClN3O4. The van der Waals surface area contributed by atoms with E-state index in [-0.39, 0.29) is 24.8 Å². The third kappa shape index (κ3) is 4.09. The molecule has 0 bridgehead atoms. The number of nitrogens with two attached hydrogens (primary N) is 1. The lowest BCUT2D eigenvalue weighted by atomic mass is 10.0. The van der Waals surface area contributed by atoms with E-state index in [9.17, 15) is 14.4 Å². The molecule has 2 aromatic carbocycles. The first kappa shape index (κ1) is 19.7. The van der Waals surface area contributed by atoms with Gasteiger partial charge >= 0.3 is 0 Å². The van der Waals surface area contributed by atoms with Gasteiger partial charge in [0, 0.05) is 29.2 Å². The molecule has 0 saturated carbocycles. The summed E-state index contributed by atoms with van der Waals surface area (Å²) >= 11 is 6.06. The van der Waals surface area contributed by atoms with Crippen LogP contribution in [0.25, 0.3) is 0 Å². The van der Waals surface area contributed by atoms with E-state index in [1.54, 1.807) is 44.2 Å². The lowest BCUT2D eigenvalue weighted by Crippen LogP contribution is -2.53. The standard InChI is InChI=1S/C20H20ClN3O4/c1-20(2)19(27)24(15-11-13(21)5-8-16(15)28-20)10-9-17(25)23-14-6-3-12(4-7-14)18(22)26/h3-8,11H,9-10H2,1-2H3,(H2,22,26)(H,23,25). The van der Waals surface area contributed by atoms with Crippen LogP contribution in [-0.2, 0) is 9.59 Å². The van der Waals surface area contributed by atoms with Crippen LogP contribution in [-0.4, -0.2) is 29.9 Å². The van der Waals surface area contributed by atoms with Gasteiger partial charge in [0.2, 0.25) is 11.8 Å². The van der Waals surface area contributed by atoms with Crippen molar-refractivity contribution in [3.8, 4) is 5.75 Å². The van der Waals surface area contributed by atoms with Crippen LogP contribution in [0.3, 0.4) is 0 Å². The Labute approximate surface area is 167 Å². The molecule has 1 heterocycles. The summed E-state index contributed by atoms with van der Waals surface area (Å²) in [4.78, 5) is 37.7. The summed E-state index contributed by atoms with van der Waals surface area (Å²) in [6, 6.07) is 11.3. The zero-order chi connectivity index (χ0) is 20.5. The molecule has 146 valence electrons. The second kappa shape index (κ2) is 7.52. The van der Waals surface area contributed by atoms with E-state index in [0.717, 1.165) is 0 Å². The minimum atomic E-state index is -1.04. The van der Waals surface area contributed by atoms with Crippen LogP contribution < -0.4 is 20.7 Å². The minimum Gasteiger partial charge on any atom is -0.476 e. The van der Waals surface area contributed by atoms with E-state index in [1.165, 1.54) is 17.0 Å². The summed E-state index contributed by atoms with van der Waals surface area (Å²) in [5.41, 5.74) is 5.58. The Morgan fingerprint density at radius 2 is 1.86 bits per heavy atom. The quantitative estimate of drug-likeness (QED) is 0.803. The highest BCUT2D eigenvalue weighted by Crippen LogP contribution is 2.39. The van der Waals surface area contributed by atoms with Crippen LogP contribution >= 0.6 is 11.6 Å².